The first-order valence-electron chi connectivity index (χ1n) is 7.04. The second kappa shape index (κ2) is 5.13. The molecule has 2 aromatic carbocycles. The minimum Gasteiger partial charge on any atom is -0.289 e. The molecule has 0 aliphatic rings. The molecule has 0 aliphatic carbocycles. The maximum Gasteiger partial charge on any atom is 0.194 e. The van der Waals surface area contributed by atoms with E-state index in [-0.39, 0.29) is 5.78 Å². The molecule has 0 saturated carbocycles. The van der Waals surface area contributed by atoms with Crippen LogP contribution in [-0.2, 0) is 0 Å². The van der Waals surface area contributed by atoms with Crippen LogP contribution in [0.25, 0.3) is 10.9 Å². The predicted molar refractivity (Wildman–Crippen MR) is 85.8 cm³/mol. The Morgan fingerprint density at radius 3 is 2.43 bits per heavy atom. The average Bonchev–Trinajstić information content (AvgIpc) is 2.45. The first kappa shape index (κ1) is 13.5. The van der Waals surface area contributed by atoms with Crippen molar-refractivity contribution in [2.75, 3.05) is 0 Å². The van der Waals surface area contributed by atoms with Gasteiger partial charge in [-0.05, 0) is 38.5 Å². The van der Waals surface area contributed by atoms with E-state index < -0.39 is 0 Å². The standard InChI is InChI=1S/C19H17NO/c1-12-8-9-15(13(2)10-12)19(21)17-11-14(3)20-18-7-5-4-6-16(17)18/h4-11H,1-3H3. The van der Waals surface area contributed by atoms with Crippen LogP contribution >= 0.6 is 0 Å². The van der Waals surface area contributed by atoms with Crippen LogP contribution in [-0.4, -0.2) is 10.8 Å². The number of benzene rings is 2. The number of rotatable bonds is 2. The van der Waals surface area contributed by atoms with E-state index in [1.807, 2.05) is 69.3 Å². The van der Waals surface area contributed by atoms with Crippen molar-refractivity contribution in [3.05, 3.63) is 76.5 Å². The summed E-state index contributed by atoms with van der Waals surface area (Å²) in [6, 6.07) is 15.6. The third-order valence-corrected chi connectivity index (χ3v) is 3.72. The van der Waals surface area contributed by atoms with Crippen molar-refractivity contribution < 1.29 is 4.79 Å². The van der Waals surface area contributed by atoms with E-state index in [4.69, 9.17) is 0 Å². The molecule has 0 unspecified atom stereocenters. The number of hydrogen-bond donors (Lipinski definition) is 0. The van der Waals surface area contributed by atoms with Gasteiger partial charge in [0.25, 0.3) is 0 Å². The van der Waals surface area contributed by atoms with Crippen LogP contribution in [0.4, 0.5) is 0 Å². The summed E-state index contributed by atoms with van der Waals surface area (Å²) in [6.45, 7) is 5.94. The zero-order valence-corrected chi connectivity index (χ0v) is 12.5. The molecule has 0 bridgehead atoms. The molecule has 0 amide bonds. The van der Waals surface area contributed by atoms with Crippen molar-refractivity contribution in [1.29, 1.82) is 0 Å². The number of carbonyl (C=O) groups excluding carboxylic acids is 1. The Morgan fingerprint density at radius 1 is 0.905 bits per heavy atom. The van der Waals surface area contributed by atoms with E-state index in [9.17, 15) is 4.79 Å². The van der Waals surface area contributed by atoms with Gasteiger partial charge in [-0.15, -0.1) is 0 Å². The minimum atomic E-state index is 0.0641. The normalized spacial score (nSPS) is 10.8. The van der Waals surface area contributed by atoms with Gasteiger partial charge in [-0.2, -0.15) is 0 Å². The molecule has 0 aliphatic heterocycles. The van der Waals surface area contributed by atoms with E-state index in [1.165, 1.54) is 5.56 Å². The summed E-state index contributed by atoms with van der Waals surface area (Å²) < 4.78 is 0. The summed E-state index contributed by atoms with van der Waals surface area (Å²) in [5, 5.41) is 0.910. The van der Waals surface area contributed by atoms with Gasteiger partial charge in [0.1, 0.15) is 0 Å². The van der Waals surface area contributed by atoms with E-state index in [2.05, 4.69) is 4.98 Å². The second-order valence-electron chi connectivity index (χ2n) is 5.48. The topological polar surface area (TPSA) is 30.0 Å². The van der Waals surface area contributed by atoms with Crippen LogP contribution in [0.2, 0.25) is 0 Å². The summed E-state index contributed by atoms with van der Waals surface area (Å²) >= 11 is 0. The lowest BCUT2D eigenvalue weighted by atomic mass is 9.95. The minimum absolute atomic E-state index is 0.0641. The Hall–Kier alpha value is -2.48. The Balaban J connectivity index is 2.22. The molecule has 2 heteroatoms. The number of hydrogen-bond acceptors (Lipinski definition) is 2. The third kappa shape index (κ3) is 2.45. The summed E-state index contributed by atoms with van der Waals surface area (Å²) in [7, 11) is 0. The molecule has 0 fully saturated rings. The van der Waals surface area contributed by atoms with Crippen molar-refractivity contribution in [3.8, 4) is 0 Å². The first-order valence-corrected chi connectivity index (χ1v) is 7.04. The molecule has 104 valence electrons. The fourth-order valence-electron chi connectivity index (χ4n) is 2.71. The third-order valence-electron chi connectivity index (χ3n) is 3.72. The Bertz CT molecular complexity index is 849. The molecule has 0 spiro atoms. The van der Waals surface area contributed by atoms with Gasteiger partial charge >= 0.3 is 0 Å². The van der Waals surface area contributed by atoms with Crippen LogP contribution < -0.4 is 0 Å². The fourth-order valence-corrected chi connectivity index (χ4v) is 2.71. The lowest BCUT2D eigenvalue weighted by molar-refractivity contribution is 0.103. The number of carbonyl (C=O) groups is 1. The van der Waals surface area contributed by atoms with Crippen LogP contribution in [0.15, 0.2) is 48.5 Å². The lowest BCUT2D eigenvalue weighted by Gasteiger charge is -2.09. The molecule has 0 N–H and O–H groups in total. The smallest absolute Gasteiger partial charge is 0.194 e. The highest BCUT2D eigenvalue weighted by Crippen LogP contribution is 2.23. The highest BCUT2D eigenvalue weighted by molar-refractivity contribution is 6.16. The van der Waals surface area contributed by atoms with Crippen molar-refractivity contribution >= 4 is 16.7 Å². The Kier molecular flexibility index (Phi) is 3.30. The second-order valence-corrected chi connectivity index (χ2v) is 5.48. The number of ketones is 1. The zero-order chi connectivity index (χ0) is 15.0. The fraction of sp³-hybridized carbons (Fsp3) is 0.158. The van der Waals surface area contributed by atoms with Crippen molar-refractivity contribution in [2.24, 2.45) is 0 Å². The van der Waals surface area contributed by atoms with Crippen molar-refractivity contribution in [1.82, 2.24) is 4.98 Å². The largest absolute Gasteiger partial charge is 0.289 e. The summed E-state index contributed by atoms with van der Waals surface area (Å²) in [5.41, 5.74) is 5.40. The number of aryl methyl sites for hydroxylation is 3. The highest BCUT2D eigenvalue weighted by atomic mass is 16.1. The van der Waals surface area contributed by atoms with Crippen molar-refractivity contribution in [2.45, 2.75) is 20.8 Å². The van der Waals surface area contributed by atoms with E-state index >= 15 is 0 Å². The quantitative estimate of drug-likeness (QED) is 0.649. The summed E-state index contributed by atoms with van der Waals surface area (Å²) in [6.07, 6.45) is 0. The molecule has 0 saturated heterocycles. The molecule has 21 heavy (non-hydrogen) atoms. The summed E-state index contributed by atoms with van der Waals surface area (Å²) in [5.74, 6) is 0.0641. The van der Waals surface area contributed by atoms with Gasteiger partial charge in [0.2, 0.25) is 0 Å². The maximum atomic E-state index is 12.9. The average molecular weight is 275 g/mol. The Labute approximate surface area is 124 Å². The maximum absolute atomic E-state index is 12.9. The van der Waals surface area contributed by atoms with Gasteiger partial charge in [-0.25, -0.2) is 0 Å². The van der Waals surface area contributed by atoms with Gasteiger partial charge < -0.3 is 0 Å². The van der Waals surface area contributed by atoms with Crippen molar-refractivity contribution in [3.63, 3.8) is 0 Å². The van der Waals surface area contributed by atoms with Crippen LogP contribution in [0.1, 0.15) is 32.7 Å². The zero-order valence-electron chi connectivity index (χ0n) is 12.5. The molecule has 0 radical (unpaired) electrons. The first-order chi connectivity index (χ1) is 10.1. The van der Waals surface area contributed by atoms with Crippen LogP contribution in [0.5, 0.6) is 0 Å². The molecule has 2 nitrogen and oxygen atoms in total. The number of pyridine rings is 1. The van der Waals surface area contributed by atoms with Crippen LogP contribution in [0, 0.1) is 20.8 Å². The number of fused-ring (bicyclic) bond motifs is 1. The molecule has 0 atom stereocenters. The van der Waals surface area contributed by atoms with Gasteiger partial charge in [-0.1, -0.05) is 42.0 Å². The number of nitrogens with zero attached hydrogens (tertiary/aromatic N) is 1. The summed E-state index contributed by atoms with van der Waals surface area (Å²) in [4.78, 5) is 17.4. The molecular formula is C19H17NO. The molecule has 3 aromatic rings. The molecule has 1 heterocycles. The Morgan fingerprint density at radius 2 is 1.67 bits per heavy atom. The van der Waals surface area contributed by atoms with E-state index in [0.717, 1.165) is 33.3 Å². The molecular weight excluding hydrogens is 258 g/mol. The van der Waals surface area contributed by atoms with E-state index in [0.29, 0.717) is 0 Å². The van der Waals surface area contributed by atoms with Gasteiger partial charge in [0.15, 0.2) is 5.78 Å². The SMILES string of the molecule is Cc1ccc(C(=O)c2cc(C)nc3ccccc23)c(C)c1. The molecule has 1 aromatic heterocycles. The number of para-hydroxylation sites is 1. The monoisotopic (exact) mass is 275 g/mol. The van der Waals surface area contributed by atoms with Gasteiger partial charge in [0.05, 0.1) is 5.52 Å². The predicted octanol–water partition coefficient (Wildman–Crippen LogP) is 4.39. The van der Waals surface area contributed by atoms with E-state index in [1.54, 1.807) is 0 Å². The number of aromatic nitrogens is 1. The van der Waals surface area contributed by atoms with Gasteiger partial charge in [0, 0.05) is 22.2 Å². The highest BCUT2D eigenvalue weighted by Gasteiger charge is 2.15. The lowest BCUT2D eigenvalue weighted by Crippen LogP contribution is -2.06. The van der Waals surface area contributed by atoms with Crippen LogP contribution in [0.3, 0.4) is 0 Å². The molecule has 3 rings (SSSR count). The van der Waals surface area contributed by atoms with Gasteiger partial charge in [-0.3, -0.25) is 9.78 Å².